The van der Waals surface area contributed by atoms with Gasteiger partial charge in [-0.1, -0.05) is 30.3 Å². The summed E-state index contributed by atoms with van der Waals surface area (Å²) >= 11 is 0. The predicted octanol–water partition coefficient (Wildman–Crippen LogP) is 4.22. The van der Waals surface area contributed by atoms with E-state index >= 15 is 0 Å². The molecule has 2 aromatic rings. The first kappa shape index (κ1) is 15.0. The molecule has 2 rings (SSSR count). The molecule has 21 heavy (non-hydrogen) atoms. The zero-order chi connectivity index (χ0) is 15.3. The maximum atomic E-state index is 13.1. The monoisotopic (exact) mass is 287 g/mol. The number of nitrogens with zero attached hydrogens (tertiary/aromatic N) is 1. The summed E-state index contributed by atoms with van der Waals surface area (Å²) in [6, 6.07) is 15.1. The second kappa shape index (κ2) is 6.36. The highest BCUT2D eigenvalue weighted by atomic mass is 19.2. The van der Waals surface area contributed by atoms with Gasteiger partial charge in [0.1, 0.15) is 5.75 Å². The van der Waals surface area contributed by atoms with Gasteiger partial charge in [-0.05, 0) is 24.6 Å². The molecule has 0 radical (unpaired) electrons. The van der Waals surface area contributed by atoms with E-state index in [9.17, 15) is 14.0 Å². The van der Waals surface area contributed by atoms with Gasteiger partial charge >= 0.3 is 0 Å². The zero-order valence-electron chi connectivity index (χ0n) is 11.6. The van der Waals surface area contributed by atoms with Crippen molar-refractivity contribution < 1.29 is 13.5 Å². The Balaban J connectivity index is 2.01. The number of nitriles is 1. The van der Waals surface area contributed by atoms with E-state index in [0.29, 0.717) is 6.42 Å². The Morgan fingerprint density at radius 3 is 2.43 bits per heavy atom. The Hall–Kier alpha value is -2.41. The van der Waals surface area contributed by atoms with E-state index in [1.807, 2.05) is 37.3 Å². The number of halogens is 2. The van der Waals surface area contributed by atoms with Gasteiger partial charge in [-0.2, -0.15) is 5.26 Å². The molecule has 0 aliphatic rings. The van der Waals surface area contributed by atoms with Crippen LogP contribution in [0.4, 0.5) is 8.78 Å². The smallest absolute Gasteiger partial charge is 0.162 e. The quantitative estimate of drug-likeness (QED) is 0.825. The molecule has 0 saturated heterocycles. The van der Waals surface area contributed by atoms with Crippen molar-refractivity contribution in [2.24, 2.45) is 0 Å². The average Bonchev–Trinajstić information content (AvgIpc) is 2.51. The van der Waals surface area contributed by atoms with Gasteiger partial charge in [0.05, 0.1) is 18.1 Å². The van der Waals surface area contributed by atoms with Gasteiger partial charge in [-0.25, -0.2) is 8.78 Å². The topological polar surface area (TPSA) is 33.0 Å². The molecule has 0 heterocycles. The van der Waals surface area contributed by atoms with Crippen LogP contribution in [0, 0.1) is 23.0 Å². The summed E-state index contributed by atoms with van der Waals surface area (Å²) in [5.74, 6) is -1.60. The predicted molar refractivity (Wildman–Crippen MR) is 75.9 cm³/mol. The first-order valence-corrected chi connectivity index (χ1v) is 6.60. The SMILES string of the molecule is CC(C#N)(CCOc1ccc(F)c(F)c1)c1ccccc1. The minimum absolute atomic E-state index is 0.240. The van der Waals surface area contributed by atoms with Gasteiger partial charge in [0.15, 0.2) is 11.6 Å². The van der Waals surface area contributed by atoms with Crippen molar-refractivity contribution in [2.45, 2.75) is 18.8 Å². The summed E-state index contributed by atoms with van der Waals surface area (Å²) in [6.45, 7) is 2.07. The summed E-state index contributed by atoms with van der Waals surface area (Å²) in [5.41, 5.74) is 0.223. The highest BCUT2D eigenvalue weighted by Crippen LogP contribution is 2.27. The molecule has 0 aliphatic heterocycles. The molecule has 0 spiro atoms. The summed E-state index contributed by atoms with van der Waals surface area (Å²) in [6.07, 6.45) is 0.451. The lowest BCUT2D eigenvalue weighted by atomic mass is 9.81. The summed E-state index contributed by atoms with van der Waals surface area (Å²) in [5, 5.41) is 9.40. The van der Waals surface area contributed by atoms with Gasteiger partial charge < -0.3 is 4.74 Å². The van der Waals surface area contributed by atoms with Crippen LogP contribution in [0.5, 0.6) is 5.75 Å². The largest absolute Gasteiger partial charge is 0.493 e. The molecule has 1 unspecified atom stereocenters. The number of hydrogen-bond donors (Lipinski definition) is 0. The lowest BCUT2D eigenvalue weighted by Crippen LogP contribution is -2.22. The molecule has 1 atom stereocenters. The lowest BCUT2D eigenvalue weighted by Gasteiger charge is -2.22. The third-order valence-corrected chi connectivity index (χ3v) is 3.42. The van der Waals surface area contributed by atoms with Crippen molar-refractivity contribution >= 4 is 0 Å². The van der Waals surface area contributed by atoms with Gasteiger partial charge in [0, 0.05) is 12.5 Å². The third-order valence-electron chi connectivity index (χ3n) is 3.42. The van der Waals surface area contributed by atoms with Gasteiger partial charge in [-0.3, -0.25) is 0 Å². The fraction of sp³-hybridized carbons (Fsp3) is 0.235. The molecule has 0 amide bonds. The Morgan fingerprint density at radius 1 is 1.10 bits per heavy atom. The van der Waals surface area contributed by atoms with Crippen LogP contribution in [0.1, 0.15) is 18.9 Å². The molecule has 108 valence electrons. The van der Waals surface area contributed by atoms with E-state index in [2.05, 4.69) is 6.07 Å². The van der Waals surface area contributed by atoms with E-state index in [4.69, 9.17) is 4.74 Å². The van der Waals surface area contributed by atoms with Crippen LogP contribution in [-0.2, 0) is 5.41 Å². The maximum Gasteiger partial charge on any atom is 0.162 e. The highest BCUT2D eigenvalue weighted by molar-refractivity contribution is 5.31. The molecular weight excluding hydrogens is 272 g/mol. The van der Waals surface area contributed by atoms with Gasteiger partial charge in [-0.15, -0.1) is 0 Å². The number of ether oxygens (including phenoxy) is 1. The minimum Gasteiger partial charge on any atom is -0.493 e. The summed E-state index contributed by atoms with van der Waals surface area (Å²) in [7, 11) is 0. The van der Waals surface area contributed by atoms with Crippen LogP contribution < -0.4 is 4.74 Å². The van der Waals surface area contributed by atoms with Crippen LogP contribution >= 0.6 is 0 Å². The summed E-state index contributed by atoms with van der Waals surface area (Å²) in [4.78, 5) is 0. The van der Waals surface area contributed by atoms with Gasteiger partial charge in [0.2, 0.25) is 0 Å². The van der Waals surface area contributed by atoms with E-state index in [0.717, 1.165) is 17.7 Å². The molecule has 0 fully saturated rings. The molecule has 0 saturated carbocycles. The highest BCUT2D eigenvalue weighted by Gasteiger charge is 2.26. The van der Waals surface area contributed by atoms with Crippen LogP contribution in [-0.4, -0.2) is 6.61 Å². The molecule has 0 N–H and O–H groups in total. The lowest BCUT2D eigenvalue weighted by molar-refractivity contribution is 0.283. The number of rotatable bonds is 5. The zero-order valence-corrected chi connectivity index (χ0v) is 11.6. The minimum atomic E-state index is -0.946. The Bertz CT molecular complexity index is 652. The molecule has 0 bridgehead atoms. The Morgan fingerprint density at radius 2 is 1.81 bits per heavy atom. The van der Waals surface area contributed by atoms with Gasteiger partial charge in [0.25, 0.3) is 0 Å². The fourth-order valence-electron chi connectivity index (χ4n) is 2.01. The van der Waals surface area contributed by atoms with Crippen molar-refractivity contribution in [2.75, 3.05) is 6.61 Å². The van der Waals surface area contributed by atoms with Crippen LogP contribution in [0.15, 0.2) is 48.5 Å². The first-order valence-electron chi connectivity index (χ1n) is 6.60. The van der Waals surface area contributed by atoms with Crippen LogP contribution in [0.25, 0.3) is 0 Å². The van der Waals surface area contributed by atoms with Crippen molar-refractivity contribution in [1.29, 1.82) is 5.26 Å². The number of benzene rings is 2. The molecule has 2 aromatic carbocycles. The molecule has 4 heteroatoms. The second-order valence-corrected chi connectivity index (χ2v) is 4.98. The molecular formula is C17H15F2NO. The molecule has 0 aromatic heterocycles. The Kier molecular flexibility index (Phi) is 4.54. The third kappa shape index (κ3) is 3.57. The Labute approximate surface area is 122 Å². The molecule has 0 aliphatic carbocycles. The fourth-order valence-corrected chi connectivity index (χ4v) is 2.01. The number of hydrogen-bond acceptors (Lipinski definition) is 2. The summed E-state index contributed by atoms with van der Waals surface area (Å²) < 4.78 is 31.3. The van der Waals surface area contributed by atoms with E-state index < -0.39 is 17.0 Å². The average molecular weight is 287 g/mol. The first-order chi connectivity index (χ1) is 10.0. The standard InChI is InChI=1S/C17H15F2NO/c1-17(12-20,13-5-3-2-4-6-13)9-10-21-14-7-8-15(18)16(19)11-14/h2-8,11H,9-10H2,1H3. The van der Waals surface area contributed by atoms with Crippen molar-refractivity contribution in [3.63, 3.8) is 0 Å². The normalized spacial score (nSPS) is 13.2. The van der Waals surface area contributed by atoms with Crippen molar-refractivity contribution in [1.82, 2.24) is 0 Å². The second-order valence-electron chi connectivity index (χ2n) is 4.98. The van der Waals surface area contributed by atoms with Crippen molar-refractivity contribution in [3.8, 4) is 11.8 Å². The molecule has 2 nitrogen and oxygen atoms in total. The van der Waals surface area contributed by atoms with Crippen LogP contribution in [0.3, 0.4) is 0 Å². The van der Waals surface area contributed by atoms with Crippen LogP contribution in [0.2, 0.25) is 0 Å². The van der Waals surface area contributed by atoms with E-state index in [-0.39, 0.29) is 12.4 Å². The van der Waals surface area contributed by atoms with E-state index in [1.165, 1.54) is 6.07 Å². The van der Waals surface area contributed by atoms with E-state index in [1.54, 1.807) is 0 Å². The van der Waals surface area contributed by atoms with Crippen molar-refractivity contribution in [3.05, 3.63) is 65.7 Å². The maximum absolute atomic E-state index is 13.1.